The van der Waals surface area contributed by atoms with Crippen molar-refractivity contribution in [2.75, 3.05) is 31.5 Å². The van der Waals surface area contributed by atoms with E-state index >= 15 is 0 Å². The van der Waals surface area contributed by atoms with E-state index in [2.05, 4.69) is 10.3 Å². The number of aromatic amines is 1. The fourth-order valence-corrected chi connectivity index (χ4v) is 3.66. The van der Waals surface area contributed by atoms with Crippen molar-refractivity contribution in [2.45, 2.75) is 19.3 Å². The zero-order chi connectivity index (χ0) is 18.8. The van der Waals surface area contributed by atoms with Gasteiger partial charge in [-0.25, -0.2) is 0 Å². The quantitative estimate of drug-likeness (QED) is 0.851. The normalized spacial score (nSPS) is 17.1. The second-order valence-electron chi connectivity index (χ2n) is 6.96. The molecule has 3 heterocycles. The molecule has 1 saturated heterocycles. The molecular formula is C20H22N4O3. The summed E-state index contributed by atoms with van der Waals surface area (Å²) in [5.74, 6) is -0.0120. The fourth-order valence-electron chi connectivity index (χ4n) is 3.66. The summed E-state index contributed by atoms with van der Waals surface area (Å²) in [6.45, 7) is 2.31. The predicted octanol–water partition coefficient (Wildman–Crippen LogP) is 1.89. The van der Waals surface area contributed by atoms with Gasteiger partial charge in [0.15, 0.2) is 0 Å². The summed E-state index contributed by atoms with van der Waals surface area (Å²) in [7, 11) is 0. The number of carbonyl (C=O) groups excluding carboxylic acids is 3. The molecule has 0 saturated carbocycles. The molecule has 2 aromatic rings. The molecule has 0 aliphatic carbocycles. The number of fused-ring (bicyclic) bond motifs is 1. The van der Waals surface area contributed by atoms with Crippen LogP contribution in [0.15, 0.2) is 36.7 Å². The van der Waals surface area contributed by atoms with Crippen LogP contribution < -0.4 is 5.32 Å². The van der Waals surface area contributed by atoms with Crippen molar-refractivity contribution >= 4 is 23.4 Å². The van der Waals surface area contributed by atoms with Crippen LogP contribution in [0.4, 0.5) is 5.69 Å². The summed E-state index contributed by atoms with van der Waals surface area (Å²) < 4.78 is 0. The predicted molar refractivity (Wildman–Crippen MR) is 101 cm³/mol. The highest BCUT2D eigenvalue weighted by molar-refractivity contribution is 5.98. The van der Waals surface area contributed by atoms with Gasteiger partial charge in [-0.05, 0) is 42.7 Å². The van der Waals surface area contributed by atoms with E-state index in [4.69, 9.17) is 0 Å². The summed E-state index contributed by atoms with van der Waals surface area (Å²) >= 11 is 0. The van der Waals surface area contributed by atoms with E-state index in [1.165, 1.54) is 0 Å². The minimum absolute atomic E-state index is 0.00456. The highest BCUT2D eigenvalue weighted by atomic mass is 16.2. The Morgan fingerprint density at radius 1 is 0.889 bits per heavy atom. The maximum absolute atomic E-state index is 12.9. The number of benzene rings is 1. The smallest absolute Gasteiger partial charge is 0.255 e. The van der Waals surface area contributed by atoms with Crippen LogP contribution in [0.25, 0.3) is 0 Å². The monoisotopic (exact) mass is 366 g/mol. The Kier molecular flexibility index (Phi) is 4.66. The van der Waals surface area contributed by atoms with Crippen molar-refractivity contribution in [3.63, 3.8) is 0 Å². The number of nitrogens with one attached hydrogen (secondary N) is 2. The zero-order valence-electron chi connectivity index (χ0n) is 15.0. The first-order chi connectivity index (χ1) is 13.1. The van der Waals surface area contributed by atoms with Crippen molar-refractivity contribution in [1.82, 2.24) is 14.8 Å². The number of amides is 3. The molecule has 1 fully saturated rings. The third-order valence-corrected chi connectivity index (χ3v) is 5.16. The summed E-state index contributed by atoms with van der Waals surface area (Å²) in [4.78, 5) is 43.5. The maximum atomic E-state index is 12.9. The molecule has 2 N–H and O–H groups in total. The number of rotatable bonds is 2. The summed E-state index contributed by atoms with van der Waals surface area (Å²) in [6, 6.07) is 7.21. The van der Waals surface area contributed by atoms with Gasteiger partial charge in [-0.2, -0.15) is 0 Å². The summed E-state index contributed by atoms with van der Waals surface area (Å²) in [6.07, 6.45) is 5.29. The van der Waals surface area contributed by atoms with E-state index in [0.717, 1.165) is 17.7 Å². The first-order valence-corrected chi connectivity index (χ1v) is 9.26. The third kappa shape index (κ3) is 3.58. The molecule has 0 atom stereocenters. The van der Waals surface area contributed by atoms with Gasteiger partial charge in [-0.3, -0.25) is 14.4 Å². The fraction of sp³-hybridized carbons (Fsp3) is 0.350. The lowest BCUT2D eigenvalue weighted by Gasteiger charge is -2.23. The average Bonchev–Trinajstić information content (AvgIpc) is 3.11. The van der Waals surface area contributed by atoms with Crippen LogP contribution in [0.3, 0.4) is 0 Å². The number of anilines is 1. The molecule has 3 amide bonds. The van der Waals surface area contributed by atoms with Crippen molar-refractivity contribution in [1.29, 1.82) is 0 Å². The van der Waals surface area contributed by atoms with E-state index in [9.17, 15) is 14.4 Å². The third-order valence-electron chi connectivity index (χ3n) is 5.16. The highest BCUT2D eigenvalue weighted by Crippen LogP contribution is 2.24. The standard InChI is InChI=1S/C20H22N4O3/c25-18-5-3-14-12-15(2-4-17(14)22-18)19(26)23-8-1-9-24(11-10-23)20(27)16-6-7-21-13-16/h2,4,6-7,12-13,21H,1,3,5,8-11H2,(H,22,25). The number of hydrogen-bond donors (Lipinski definition) is 2. The van der Waals surface area contributed by atoms with Crippen LogP contribution in [-0.4, -0.2) is 58.7 Å². The highest BCUT2D eigenvalue weighted by Gasteiger charge is 2.24. The molecule has 0 spiro atoms. The van der Waals surface area contributed by atoms with E-state index in [0.29, 0.717) is 50.1 Å². The maximum Gasteiger partial charge on any atom is 0.255 e. The molecule has 27 heavy (non-hydrogen) atoms. The molecule has 1 aromatic carbocycles. The van der Waals surface area contributed by atoms with Crippen LogP contribution in [-0.2, 0) is 11.2 Å². The largest absolute Gasteiger partial charge is 0.367 e. The SMILES string of the molecule is O=C1CCc2cc(C(=O)N3CCCN(C(=O)c4cc[nH]c4)CC3)ccc2N1. The Morgan fingerprint density at radius 2 is 1.63 bits per heavy atom. The molecule has 7 heteroatoms. The Bertz CT molecular complexity index is 875. The van der Waals surface area contributed by atoms with Gasteiger partial charge in [0.2, 0.25) is 5.91 Å². The van der Waals surface area contributed by atoms with Gasteiger partial charge in [0, 0.05) is 56.2 Å². The topological polar surface area (TPSA) is 85.5 Å². The lowest BCUT2D eigenvalue weighted by molar-refractivity contribution is -0.116. The second kappa shape index (κ2) is 7.26. The first-order valence-electron chi connectivity index (χ1n) is 9.26. The summed E-state index contributed by atoms with van der Waals surface area (Å²) in [5.41, 5.74) is 3.07. The lowest BCUT2D eigenvalue weighted by Crippen LogP contribution is -2.37. The molecule has 140 valence electrons. The Labute approximate surface area is 157 Å². The molecule has 2 aliphatic heterocycles. The number of H-pyrrole nitrogens is 1. The van der Waals surface area contributed by atoms with Crippen LogP contribution in [0.2, 0.25) is 0 Å². The average molecular weight is 366 g/mol. The van der Waals surface area contributed by atoms with E-state index < -0.39 is 0 Å². The van der Waals surface area contributed by atoms with Gasteiger partial charge in [0.05, 0.1) is 5.56 Å². The van der Waals surface area contributed by atoms with E-state index in [1.807, 2.05) is 11.0 Å². The molecule has 1 aromatic heterocycles. The minimum atomic E-state index is -0.0226. The van der Waals surface area contributed by atoms with Crippen LogP contribution in [0, 0.1) is 0 Å². The minimum Gasteiger partial charge on any atom is -0.367 e. The Hall–Kier alpha value is -3.09. The summed E-state index contributed by atoms with van der Waals surface area (Å²) in [5, 5.41) is 2.84. The van der Waals surface area contributed by atoms with E-state index in [-0.39, 0.29) is 17.7 Å². The first kappa shape index (κ1) is 17.3. The van der Waals surface area contributed by atoms with E-state index in [1.54, 1.807) is 35.5 Å². The van der Waals surface area contributed by atoms with Gasteiger partial charge in [-0.1, -0.05) is 0 Å². The number of aromatic nitrogens is 1. The van der Waals surface area contributed by atoms with Crippen LogP contribution in [0.5, 0.6) is 0 Å². The molecular weight excluding hydrogens is 344 g/mol. The van der Waals surface area contributed by atoms with Crippen LogP contribution >= 0.6 is 0 Å². The molecule has 0 radical (unpaired) electrons. The number of hydrogen-bond acceptors (Lipinski definition) is 3. The Morgan fingerprint density at radius 3 is 2.33 bits per heavy atom. The molecule has 0 unspecified atom stereocenters. The Balaban J connectivity index is 1.44. The molecule has 0 bridgehead atoms. The molecule has 4 rings (SSSR count). The number of carbonyl (C=O) groups is 3. The molecule has 2 aliphatic rings. The van der Waals surface area contributed by atoms with Crippen molar-refractivity contribution < 1.29 is 14.4 Å². The zero-order valence-corrected chi connectivity index (χ0v) is 15.0. The second-order valence-corrected chi connectivity index (χ2v) is 6.96. The van der Waals surface area contributed by atoms with Crippen molar-refractivity contribution in [3.05, 3.63) is 53.3 Å². The van der Waals surface area contributed by atoms with Crippen molar-refractivity contribution in [2.24, 2.45) is 0 Å². The van der Waals surface area contributed by atoms with Crippen LogP contribution in [0.1, 0.15) is 39.1 Å². The lowest BCUT2D eigenvalue weighted by atomic mass is 10.00. The van der Waals surface area contributed by atoms with Crippen molar-refractivity contribution in [3.8, 4) is 0 Å². The number of aryl methyl sites for hydroxylation is 1. The van der Waals surface area contributed by atoms with Gasteiger partial charge in [-0.15, -0.1) is 0 Å². The van der Waals surface area contributed by atoms with Gasteiger partial charge < -0.3 is 20.1 Å². The van der Waals surface area contributed by atoms with Gasteiger partial charge >= 0.3 is 0 Å². The molecule has 7 nitrogen and oxygen atoms in total. The van der Waals surface area contributed by atoms with Gasteiger partial charge in [0.25, 0.3) is 11.8 Å². The number of nitrogens with zero attached hydrogens (tertiary/aromatic N) is 2. The van der Waals surface area contributed by atoms with Gasteiger partial charge in [0.1, 0.15) is 0 Å².